The summed E-state index contributed by atoms with van der Waals surface area (Å²) in [6.07, 6.45) is 9.69. The van der Waals surface area contributed by atoms with Gasteiger partial charge in [0.15, 0.2) is 23.3 Å². The lowest BCUT2D eigenvalue weighted by atomic mass is 9.12. The predicted molar refractivity (Wildman–Crippen MR) is 174 cm³/mol. The summed E-state index contributed by atoms with van der Waals surface area (Å²) in [6, 6.07) is -0.451. The zero-order valence-corrected chi connectivity index (χ0v) is 28.4. The van der Waals surface area contributed by atoms with Crippen LogP contribution in [0.25, 0.3) is 0 Å². The quantitative estimate of drug-likeness (QED) is 0.118. The molecule has 280 valence electrons. The van der Waals surface area contributed by atoms with Gasteiger partial charge in [-0.25, -0.2) is 52.7 Å². The molecule has 2 N–H and O–H groups in total. The molecule has 0 atom stereocenters. The first-order chi connectivity index (χ1) is 24.4. The van der Waals surface area contributed by atoms with Gasteiger partial charge in [-0.1, -0.05) is 37.1 Å². The van der Waals surface area contributed by atoms with Gasteiger partial charge in [0.2, 0.25) is 0 Å². The van der Waals surface area contributed by atoms with Crippen molar-refractivity contribution in [2.24, 2.45) is 0 Å². The third-order valence-corrected chi connectivity index (χ3v) is 10.6. The Labute approximate surface area is 293 Å². The number of hydrogen-bond donors (Lipinski definition) is 1. The molecular formula is C38H36BF12N. The van der Waals surface area contributed by atoms with Crippen LogP contribution in [0.15, 0.2) is 48.5 Å². The zero-order chi connectivity index (χ0) is 38.2. The van der Waals surface area contributed by atoms with E-state index in [-0.39, 0.29) is 48.5 Å². The number of quaternary nitrogens is 1. The average Bonchev–Trinajstić information content (AvgIpc) is 3.06. The summed E-state index contributed by atoms with van der Waals surface area (Å²) in [4.78, 5) is 0. The molecule has 6 rings (SSSR count). The van der Waals surface area contributed by atoms with Crippen LogP contribution in [0.2, 0.25) is 0 Å². The fraction of sp³-hybridized carbons (Fsp3) is 0.368. The minimum atomic E-state index is -4.89. The first-order valence-corrected chi connectivity index (χ1v) is 17.0. The highest BCUT2D eigenvalue weighted by Crippen LogP contribution is 2.30. The summed E-state index contributed by atoms with van der Waals surface area (Å²) in [5.74, 6) is -24.2. The van der Waals surface area contributed by atoms with Crippen molar-refractivity contribution >= 4 is 28.0 Å². The van der Waals surface area contributed by atoms with Crippen molar-refractivity contribution in [2.45, 2.75) is 89.1 Å². The maximum absolute atomic E-state index is 15.3. The molecular weight excluding hydrogens is 709 g/mol. The first-order valence-electron chi connectivity index (χ1n) is 17.0. The molecule has 0 heterocycles. The molecule has 14 heteroatoms. The summed E-state index contributed by atoms with van der Waals surface area (Å²) >= 11 is 0. The van der Waals surface area contributed by atoms with Crippen molar-refractivity contribution in [2.75, 3.05) is 0 Å². The van der Waals surface area contributed by atoms with Gasteiger partial charge in [-0.2, -0.15) is 21.9 Å². The van der Waals surface area contributed by atoms with Crippen molar-refractivity contribution in [3.63, 3.8) is 0 Å². The Kier molecular flexibility index (Phi) is 11.5. The molecule has 2 fully saturated rings. The first kappa shape index (κ1) is 39.3. The van der Waals surface area contributed by atoms with Gasteiger partial charge < -0.3 is 5.32 Å². The third kappa shape index (κ3) is 7.72. The van der Waals surface area contributed by atoms with Crippen LogP contribution in [-0.4, -0.2) is 17.2 Å². The molecule has 0 spiro atoms. The second-order valence-electron chi connectivity index (χ2n) is 14.6. The lowest BCUT2D eigenvalue weighted by Gasteiger charge is -2.44. The Morgan fingerprint density at radius 2 is 0.615 bits per heavy atom. The molecule has 0 amide bonds. The van der Waals surface area contributed by atoms with Crippen LogP contribution in [0.1, 0.15) is 78.1 Å². The lowest BCUT2D eigenvalue weighted by molar-refractivity contribution is -0.789. The summed E-state index contributed by atoms with van der Waals surface area (Å²) in [7, 11) is 0. The molecule has 2 aliphatic carbocycles. The maximum Gasteiger partial charge on any atom is 0.158 e. The van der Waals surface area contributed by atoms with Crippen LogP contribution in [0.4, 0.5) is 52.7 Å². The fourth-order valence-corrected chi connectivity index (χ4v) is 8.42. The standard InChI is InChI=1S/C24H8BF12.C14H27N/c26-9-1-13(21(34)17(30)5-9)25(14-2-10(27)6-18(31)22(14)35,15-3-11(28)7-19(32)23(15)36)16-4-12(29)8-20(33)24(16)37;1-13(9-5-3-6-10-13)15-14(2)11-7-4-8-12-14/h1-8H;15H,3-12H2,1-2H3/q-1;/p+1. The van der Waals surface area contributed by atoms with Crippen LogP contribution in [0.5, 0.6) is 0 Å². The molecule has 0 unspecified atom stereocenters. The fourth-order valence-electron chi connectivity index (χ4n) is 8.42. The Bertz CT molecular complexity index is 1700. The number of rotatable bonds is 6. The van der Waals surface area contributed by atoms with E-state index in [9.17, 15) is 35.1 Å². The Hall–Kier alpha value is -3.94. The largest absolute Gasteiger partial charge is 0.337 e. The van der Waals surface area contributed by atoms with E-state index in [4.69, 9.17) is 0 Å². The van der Waals surface area contributed by atoms with Gasteiger partial charge in [0, 0.05) is 49.9 Å². The highest BCUT2D eigenvalue weighted by atomic mass is 19.2. The Balaban J connectivity index is 0.000000289. The normalized spacial score (nSPS) is 17.0. The van der Waals surface area contributed by atoms with E-state index in [1.165, 1.54) is 64.2 Å². The minimum Gasteiger partial charge on any atom is -0.337 e. The number of benzene rings is 4. The van der Waals surface area contributed by atoms with Crippen LogP contribution < -0.4 is 27.2 Å². The summed E-state index contributed by atoms with van der Waals surface area (Å²) in [5, 5.41) is 2.76. The zero-order valence-electron chi connectivity index (χ0n) is 28.4. The molecule has 0 radical (unpaired) electrons. The highest BCUT2D eigenvalue weighted by Gasteiger charge is 2.43. The van der Waals surface area contributed by atoms with Crippen molar-refractivity contribution in [3.8, 4) is 0 Å². The van der Waals surface area contributed by atoms with E-state index in [0.717, 1.165) is 0 Å². The summed E-state index contributed by atoms with van der Waals surface area (Å²) in [6.45, 7) is 5.01. The van der Waals surface area contributed by atoms with E-state index in [1.807, 2.05) is 0 Å². The minimum absolute atomic E-state index is 0.0227. The molecule has 52 heavy (non-hydrogen) atoms. The SMILES string of the molecule is CC1([NH2+]C2(C)CCCCC2)CCCCC1.Fc1cc(F)c(F)c([B-](c2cc(F)cc(F)c2F)(c2cc(F)cc(F)c2F)c2cc(F)cc(F)c2F)c1. The third-order valence-electron chi connectivity index (χ3n) is 10.6. The molecule has 0 bridgehead atoms. The van der Waals surface area contributed by atoms with Crippen LogP contribution >= 0.6 is 0 Å². The number of hydrogen-bond acceptors (Lipinski definition) is 0. The van der Waals surface area contributed by atoms with E-state index < -0.39 is 97.8 Å². The molecule has 1 nitrogen and oxygen atoms in total. The van der Waals surface area contributed by atoms with Crippen LogP contribution in [0, 0.1) is 69.8 Å². The van der Waals surface area contributed by atoms with Crippen LogP contribution in [-0.2, 0) is 0 Å². The Morgan fingerprint density at radius 1 is 0.385 bits per heavy atom. The second-order valence-corrected chi connectivity index (χ2v) is 14.6. The Morgan fingerprint density at radius 3 is 0.846 bits per heavy atom. The predicted octanol–water partition coefficient (Wildman–Crippen LogP) is 7.73. The van der Waals surface area contributed by atoms with Crippen molar-refractivity contribution < 1.29 is 58.0 Å². The molecule has 0 saturated heterocycles. The van der Waals surface area contributed by atoms with Gasteiger partial charge in [0.1, 0.15) is 52.7 Å². The highest BCUT2D eigenvalue weighted by molar-refractivity contribution is 7.20. The smallest absolute Gasteiger partial charge is 0.158 e. The van der Waals surface area contributed by atoms with E-state index in [1.54, 1.807) is 0 Å². The molecule has 0 aromatic heterocycles. The van der Waals surface area contributed by atoms with E-state index >= 15 is 17.6 Å². The van der Waals surface area contributed by atoms with Gasteiger partial charge >= 0.3 is 0 Å². The van der Waals surface area contributed by atoms with Gasteiger partial charge in [-0.3, -0.25) is 0 Å². The second kappa shape index (κ2) is 15.2. The van der Waals surface area contributed by atoms with Crippen LogP contribution in [0.3, 0.4) is 0 Å². The molecule has 0 aliphatic heterocycles. The van der Waals surface area contributed by atoms with E-state index in [0.29, 0.717) is 11.1 Å². The summed E-state index contributed by atoms with van der Waals surface area (Å²) < 4.78 is 176. The van der Waals surface area contributed by atoms with E-state index in [2.05, 4.69) is 19.2 Å². The molecule has 2 aliphatic rings. The molecule has 4 aromatic rings. The van der Waals surface area contributed by atoms with Gasteiger partial charge in [-0.05, 0) is 39.5 Å². The number of halogens is 12. The average molecular weight is 746 g/mol. The summed E-state index contributed by atoms with van der Waals surface area (Å²) in [5.41, 5.74) is -5.54. The van der Waals surface area contributed by atoms with Gasteiger partial charge in [0.25, 0.3) is 0 Å². The topological polar surface area (TPSA) is 16.6 Å². The maximum atomic E-state index is 15.3. The van der Waals surface area contributed by atoms with Crippen molar-refractivity contribution in [1.82, 2.24) is 0 Å². The van der Waals surface area contributed by atoms with Gasteiger partial charge in [0.05, 0.1) is 11.1 Å². The molecule has 2 saturated carbocycles. The lowest BCUT2D eigenvalue weighted by Crippen LogP contribution is -3.05. The van der Waals surface area contributed by atoms with Crippen molar-refractivity contribution in [1.29, 1.82) is 0 Å². The number of nitrogens with two attached hydrogens (primary N) is 1. The van der Waals surface area contributed by atoms with Crippen molar-refractivity contribution in [3.05, 3.63) is 118 Å². The monoisotopic (exact) mass is 745 g/mol. The molecule has 4 aromatic carbocycles. The van der Waals surface area contributed by atoms with Gasteiger partial charge in [-0.15, -0.1) is 0 Å².